The molecule has 7 heteroatoms. The lowest BCUT2D eigenvalue weighted by Gasteiger charge is -2.07. The van der Waals surface area contributed by atoms with Crippen molar-refractivity contribution in [1.82, 2.24) is 9.97 Å². The van der Waals surface area contributed by atoms with Gasteiger partial charge in [0, 0.05) is 5.56 Å². The fourth-order valence-corrected chi connectivity index (χ4v) is 2.18. The average Bonchev–Trinajstić information content (AvgIpc) is 2.42. The minimum Gasteiger partial charge on any atom is -0.464 e. The number of benzene rings is 1. The molecule has 0 aliphatic rings. The highest BCUT2D eigenvalue weighted by atomic mass is 79.9. The molecule has 0 N–H and O–H groups in total. The van der Waals surface area contributed by atoms with Crippen LogP contribution >= 0.6 is 39.1 Å². The van der Waals surface area contributed by atoms with Crippen LogP contribution in [-0.2, 0) is 4.74 Å². The molecule has 1 aromatic heterocycles. The number of carbonyl (C=O) groups excluding carboxylic acids is 1. The van der Waals surface area contributed by atoms with Crippen molar-refractivity contribution in [2.24, 2.45) is 0 Å². The Bertz CT molecular complexity index is 650. The summed E-state index contributed by atoms with van der Waals surface area (Å²) in [5.74, 6) is -0.584. The Hall–Kier alpha value is -1.17. The third-order valence-electron chi connectivity index (χ3n) is 2.33. The molecular weight excluding hydrogens is 355 g/mol. The summed E-state index contributed by atoms with van der Waals surface area (Å²) in [6.45, 7) is 0. The van der Waals surface area contributed by atoms with Crippen LogP contribution in [0.5, 0.6) is 0 Å². The van der Waals surface area contributed by atoms with Gasteiger partial charge in [0.2, 0.25) is 0 Å². The number of esters is 1. The van der Waals surface area contributed by atoms with Crippen LogP contribution in [-0.4, -0.2) is 23.0 Å². The lowest BCUT2D eigenvalue weighted by molar-refractivity contribution is 0.0592. The van der Waals surface area contributed by atoms with Crippen LogP contribution in [0, 0.1) is 0 Å². The van der Waals surface area contributed by atoms with Gasteiger partial charge in [0.25, 0.3) is 0 Å². The molecule has 19 heavy (non-hydrogen) atoms. The second kappa shape index (κ2) is 5.86. The van der Waals surface area contributed by atoms with Crippen LogP contribution in [0.15, 0.2) is 29.0 Å². The van der Waals surface area contributed by atoms with Gasteiger partial charge in [-0.1, -0.05) is 35.3 Å². The minimum absolute atomic E-state index is 0.0797. The molecule has 0 bridgehead atoms. The Balaban J connectivity index is 2.58. The van der Waals surface area contributed by atoms with Crippen LogP contribution in [0.25, 0.3) is 11.3 Å². The van der Waals surface area contributed by atoms with E-state index in [9.17, 15) is 4.79 Å². The molecule has 0 aliphatic heterocycles. The molecule has 0 atom stereocenters. The Morgan fingerprint density at radius 2 is 2.11 bits per heavy atom. The SMILES string of the molecule is COC(=O)c1nc(-c2cccc(Cl)c2Cl)cnc1Br. The largest absolute Gasteiger partial charge is 0.464 e. The van der Waals surface area contributed by atoms with E-state index in [4.69, 9.17) is 23.2 Å². The molecule has 0 saturated carbocycles. The molecule has 1 aromatic carbocycles. The first kappa shape index (κ1) is 14.2. The minimum atomic E-state index is -0.584. The van der Waals surface area contributed by atoms with E-state index in [1.807, 2.05) is 0 Å². The highest BCUT2D eigenvalue weighted by Crippen LogP contribution is 2.32. The summed E-state index contributed by atoms with van der Waals surface area (Å²) >= 11 is 15.2. The van der Waals surface area contributed by atoms with Crippen molar-refractivity contribution in [1.29, 1.82) is 0 Å². The van der Waals surface area contributed by atoms with Crippen molar-refractivity contribution in [3.63, 3.8) is 0 Å². The van der Waals surface area contributed by atoms with Crippen molar-refractivity contribution in [2.45, 2.75) is 0 Å². The van der Waals surface area contributed by atoms with E-state index in [-0.39, 0.29) is 5.69 Å². The quantitative estimate of drug-likeness (QED) is 0.758. The fourth-order valence-electron chi connectivity index (χ4n) is 1.43. The normalized spacial score (nSPS) is 10.3. The van der Waals surface area contributed by atoms with Crippen molar-refractivity contribution in [3.8, 4) is 11.3 Å². The number of rotatable bonds is 2. The van der Waals surface area contributed by atoms with Gasteiger partial charge in [-0.05, 0) is 22.0 Å². The van der Waals surface area contributed by atoms with E-state index in [0.29, 0.717) is 25.9 Å². The molecule has 0 radical (unpaired) electrons. The highest BCUT2D eigenvalue weighted by Gasteiger charge is 2.16. The third kappa shape index (κ3) is 2.88. The van der Waals surface area contributed by atoms with Gasteiger partial charge in [0.1, 0.15) is 4.60 Å². The summed E-state index contributed by atoms with van der Waals surface area (Å²) in [7, 11) is 1.27. The van der Waals surface area contributed by atoms with Crippen LogP contribution in [0.4, 0.5) is 0 Å². The number of nitrogens with zero attached hydrogens (tertiary/aromatic N) is 2. The molecule has 0 unspecified atom stereocenters. The number of ether oxygens (including phenoxy) is 1. The van der Waals surface area contributed by atoms with Crippen LogP contribution < -0.4 is 0 Å². The van der Waals surface area contributed by atoms with Gasteiger partial charge in [-0.25, -0.2) is 14.8 Å². The Labute approximate surface area is 127 Å². The zero-order valence-electron chi connectivity index (χ0n) is 9.65. The second-order valence-electron chi connectivity index (χ2n) is 3.49. The molecule has 0 spiro atoms. The van der Waals surface area contributed by atoms with Gasteiger partial charge in [-0.15, -0.1) is 0 Å². The molecule has 0 fully saturated rings. The van der Waals surface area contributed by atoms with Gasteiger partial charge in [0.15, 0.2) is 5.69 Å². The second-order valence-corrected chi connectivity index (χ2v) is 5.02. The smallest absolute Gasteiger partial charge is 0.359 e. The van der Waals surface area contributed by atoms with Crippen LogP contribution in [0.3, 0.4) is 0 Å². The maximum atomic E-state index is 11.6. The monoisotopic (exact) mass is 360 g/mol. The topological polar surface area (TPSA) is 52.1 Å². The maximum absolute atomic E-state index is 11.6. The molecular formula is C12H7BrCl2N2O2. The number of carbonyl (C=O) groups is 1. The predicted octanol–water partition coefficient (Wildman–Crippen LogP) is 4.00. The number of hydrogen-bond donors (Lipinski definition) is 0. The molecule has 1 heterocycles. The Morgan fingerprint density at radius 1 is 1.37 bits per heavy atom. The summed E-state index contributed by atoms with van der Waals surface area (Å²) in [5.41, 5.74) is 1.12. The molecule has 0 saturated heterocycles. The molecule has 2 aromatic rings. The number of hydrogen-bond acceptors (Lipinski definition) is 4. The average molecular weight is 362 g/mol. The van der Waals surface area contributed by atoms with Gasteiger partial charge >= 0.3 is 5.97 Å². The third-order valence-corrected chi connectivity index (χ3v) is 3.73. The zero-order valence-corrected chi connectivity index (χ0v) is 12.8. The van der Waals surface area contributed by atoms with Crippen molar-refractivity contribution in [2.75, 3.05) is 7.11 Å². The molecule has 2 rings (SSSR count). The first-order valence-electron chi connectivity index (χ1n) is 5.10. The van der Waals surface area contributed by atoms with E-state index in [2.05, 4.69) is 30.6 Å². The molecule has 0 aliphatic carbocycles. The lowest BCUT2D eigenvalue weighted by atomic mass is 10.1. The van der Waals surface area contributed by atoms with Crippen LogP contribution in [0.1, 0.15) is 10.5 Å². The number of methoxy groups -OCH3 is 1. The first-order chi connectivity index (χ1) is 9.04. The zero-order chi connectivity index (χ0) is 14.0. The van der Waals surface area contributed by atoms with Gasteiger partial charge < -0.3 is 4.74 Å². The van der Waals surface area contributed by atoms with Crippen molar-refractivity contribution < 1.29 is 9.53 Å². The Kier molecular flexibility index (Phi) is 4.39. The van der Waals surface area contributed by atoms with Crippen molar-refractivity contribution in [3.05, 3.63) is 44.7 Å². The lowest BCUT2D eigenvalue weighted by Crippen LogP contribution is -2.07. The van der Waals surface area contributed by atoms with Gasteiger partial charge in [0.05, 0.1) is 29.0 Å². The van der Waals surface area contributed by atoms with E-state index < -0.39 is 5.97 Å². The number of aromatic nitrogens is 2. The summed E-state index contributed by atoms with van der Waals surface area (Å²) in [6, 6.07) is 5.15. The first-order valence-corrected chi connectivity index (χ1v) is 6.64. The van der Waals surface area contributed by atoms with E-state index >= 15 is 0 Å². The summed E-state index contributed by atoms with van der Waals surface area (Å²) in [6.07, 6.45) is 1.49. The van der Waals surface area contributed by atoms with Gasteiger partial charge in [-0.3, -0.25) is 0 Å². The summed E-state index contributed by atoms with van der Waals surface area (Å²) in [5, 5.41) is 0.764. The standard InChI is InChI=1S/C12H7BrCl2N2O2/c1-19-12(18)10-11(13)16-5-8(17-10)6-3-2-4-7(14)9(6)15/h2-5H,1H3. The molecule has 0 amide bonds. The fraction of sp³-hybridized carbons (Fsp3) is 0.0833. The van der Waals surface area contributed by atoms with Gasteiger partial charge in [-0.2, -0.15) is 0 Å². The maximum Gasteiger partial charge on any atom is 0.359 e. The summed E-state index contributed by atoms with van der Waals surface area (Å²) < 4.78 is 4.94. The van der Waals surface area contributed by atoms with E-state index in [1.165, 1.54) is 13.3 Å². The number of halogens is 3. The molecule has 4 nitrogen and oxygen atoms in total. The van der Waals surface area contributed by atoms with E-state index in [0.717, 1.165) is 0 Å². The summed E-state index contributed by atoms with van der Waals surface area (Å²) in [4.78, 5) is 19.8. The molecule has 98 valence electrons. The van der Waals surface area contributed by atoms with Crippen molar-refractivity contribution >= 4 is 45.1 Å². The Morgan fingerprint density at radius 3 is 2.79 bits per heavy atom. The van der Waals surface area contributed by atoms with E-state index in [1.54, 1.807) is 18.2 Å². The highest BCUT2D eigenvalue weighted by molar-refractivity contribution is 9.10. The van der Waals surface area contributed by atoms with Crippen LogP contribution in [0.2, 0.25) is 10.0 Å². The predicted molar refractivity (Wildman–Crippen MR) is 76.5 cm³/mol.